The molecule has 0 aliphatic carbocycles. The van der Waals surface area contributed by atoms with Crippen molar-refractivity contribution in [2.24, 2.45) is 0 Å². The molecule has 0 atom stereocenters. The van der Waals surface area contributed by atoms with Gasteiger partial charge in [0.05, 0.1) is 11.1 Å². The molecule has 0 radical (unpaired) electrons. The van der Waals surface area contributed by atoms with Crippen LogP contribution in [0.2, 0.25) is 0 Å². The summed E-state index contributed by atoms with van der Waals surface area (Å²) in [5.74, 6) is 0.463. The van der Waals surface area contributed by atoms with Crippen LogP contribution in [0.15, 0.2) is 59.4 Å². The molecule has 4 rings (SSSR count). The van der Waals surface area contributed by atoms with Gasteiger partial charge >= 0.3 is 0 Å². The van der Waals surface area contributed by atoms with Crippen molar-refractivity contribution in [1.29, 1.82) is 0 Å². The number of fused-ring (bicyclic) bond motifs is 1. The van der Waals surface area contributed by atoms with Crippen LogP contribution in [-0.4, -0.2) is 33.7 Å². The molecule has 2 heterocycles. The Morgan fingerprint density at radius 2 is 1.63 bits per heavy atom. The number of carbonyl (C=O) groups is 1. The van der Waals surface area contributed by atoms with Gasteiger partial charge in [-0.1, -0.05) is 48.5 Å². The fourth-order valence-corrected chi connectivity index (χ4v) is 3.93. The van der Waals surface area contributed by atoms with Crippen LogP contribution >= 0.6 is 0 Å². The molecule has 5 heteroatoms. The molecular formula is C22H23N3O2. The van der Waals surface area contributed by atoms with E-state index < -0.39 is 0 Å². The van der Waals surface area contributed by atoms with Gasteiger partial charge in [0.25, 0.3) is 5.56 Å². The van der Waals surface area contributed by atoms with Crippen molar-refractivity contribution in [2.45, 2.75) is 32.2 Å². The lowest BCUT2D eigenvalue weighted by Gasteiger charge is -2.32. The van der Waals surface area contributed by atoms with Crippen LogP contribution in [0.5, 0.6) is 0 Å². The number of likely N-dealkylation sites (tertiary alicyclic amines) is 1. The van der Waals surface area contributed by atoms with Crippen molar-refractivity contribution in [3.63, 3.8) is 0 Å². The van der Waals surface area contributed by atoms with Gasteiger partial charge in [-0.25, -0.2) is 4.68 Å². The summed E-state index contributed by atoms with van der Waals surface area (Å²) in [5.41, 5.74) is 1.90. The first-order chi connectivity index (χ1) is 13.1. The molecule has 0 unspecified atom stereocenters. The van der Waals surface area contributed by atoms with E-state index in [1.165, 1.54) is 10.2 Å². The van der Waals surface area contributed by atoms with Crippen LogP contribution in [0.3, 0.4) is 0 Å². The number of carbonyl (C=O) groups excluding carboxylic acids is 1. The average Bonchev–Trinajstić information content (AvgIpc) is 2.72. The molecule has 0 spiro atoms. The summed E-state index contributed by atoms with van der Waals surface area (Å²) in [5, 5.41) is 5.81. The molecule has 138 valence electrons. The van der Waals surface area contributed by atoms with E-state index in [9.17, 15) is 9.59 Å². The number of amides is 1. The molecule has 2 aromatic carbocycles. The first-order valence-corrected chi connectivity index (χ1v) is 9.42. The predicted molar refractivity (Wildman–Crippen MR) is 106 cm³/mol. The Balaban J connectivity index is 1.47. The summed E-state index contributed by atoms with van der Waals surface area (Å²) >= 11 is 0. The highest BCUT2D eigenvalue weighted by Gasteiger charge is 2.24. The van der Waals surface area contributed by atoms with E-state index in [4.69, 9.17) is 0 Å². The lowest BCUT2D eigenvalue weighted by Crippen LogP contribution is -2.41. The van der Waals surface area contributed by atoms with Crippen LogP contribution in [0.4, 0.5) is 0 Å². The zero-order valence-corrected chi connectivity index (χ0v) is 15.5. The van der Waals surface area contributed by atoms with E-state index in [2.05, 4.69) is 29.4 Å². The normalized spacial score (nSPS) is 15.2. The third kappa shape index (κ3) is 3.50. The molecule has 0 bridgehead atoms. The fraction of sp³-hybridized carbons (Fsp3) is 0.318. The van der Waals surface area contributed by atoms with Crippen LogP contribution < -0.4 is 5.56 Å². The highest BCUT2D eigenvalue weighted by molar-refractivity contribution is 5.83. The summed E-state index contributed by atoms with van der Waals surface area (Å²) in [7, 11) is 0. The van der Waals surface area contributed by atoms with E-state index in [0.29, 0.717) is 11.3 Å². The summed E-state index contributed by atoms with van der Waals surface area (Å²) in [6.45, 7) is 3.31. The van der Waals surface area contributed by atoms with E-state index in [1.807, 2.05) is 36.1 Å². The van der Waals surface area contributed by atoms with Gasteiger partial charge in [0.1, 0.15) is 6.54 Å². The second-order valence-corrected chi connectivity index (χ2v) is 7.16. The number of aromatic nitrogens is 2. The zero-order valence-electron chi connectivity index (χ0n) is 15.5. The topological polar surface area (TPSA) is 55.2 Å². The molecule has 1 amide bonds. The monoisotopic (exact) mass is 361 g/mol. The Hall–Kier alpha value is -2.95. The maximum atomic E-state index is 12.7. The van der Waals surface area contributed by atoms with Crippen molar-refractivity contribution in [1.82, 2.24) is 14.7 Å². The highest BCUT2D eigenvalue weighted by Crippen LogP contribution is 2.27. The van der Waals surface area contributed by atoms with Gasteiger partial charge in [-0.05, 0) is 37.3 Å². The van der Waals surface area contributed by atoms with Gasteiger partial charge in [-0.3, -0.25) is 9.59 Å². The van der Waals surface area contributed by atoms with Crippen LogP contribution in [0.25, 0.3) is 10.8 Å². The zero-order chi connectivity index (χ0) is 18.8. The number of nitrogens with zero attached hydrogens (tertiary/aromatic N) is 3. The smallest absolute Gasteiger partial charge is 0.275 e. The first kappa shape index (κ1) is 17.5. The molecule has 1 saturated heterocycles. The molecule has 1 fully saturated rings. The molecular weight excluding hydrogens is 338 g/mol. The maximum absolute atomic E-state index is 12.7. The van der Waals surface area contributed by atoms with Gasteiger partial charge in [-0.2, -0.15) is 5.10 Å². The molecule has 1 aliphatic heterocycles. The summed E-state index contributed by atoms with van der Waals surface area (Å²) in [4.78, 5) is 27.3. The van der Waals surface area contributed by atoms with Crippen molar-refractivity contribution < 1.29 is 4.79 Å². The van der Waals surface area contributed by atoms with E-state index in [0.717, 1.165) is 37.0 Å². The van der Waals surface area contributed by atoms with E-state index >= 15 is 0 Å². The Kier molecular flexibility index (Phi) is 4.75. The minimum absolute atomic E-state index is 0.000507. The second-order valence-electron chi connectivity index (χ2n) is 7.16. The van der Waals surface area contributed by atoms with E-state index in [1.54, 1.807) is 6.07 Å². The number of piperidine rings is 1. The van der Waals surface area contributed by atoms with Crippen molar-refractivity contribution in [3.05, 3.63) is 76.2 Å². The quantitative estimate of drug-likeness (QED) is 0.720. The summed E-state index contributed by atoms with van der Waals surface area (Å²) in [6, 6.07) is 17.9. The SMILES string of the molecule is Cc1nn(CC(=O)N2CCC(c3ccccc3)CC2)c(=O)c2ccccc12. The Bertz CT molecular complexity index is 1020. The van der Waals surface area contributed by atoms with Gasteiger partial charge in [0.2, 0.25) is 5.91 Å². The van der Waals surface area contributed by atoms with Crippen LogP contribution in [0.1, 0.15) is 30.0 Å². The molecule has 5 nitrogen and oxygen atoms in total. The largest absolute Gasteiger partial charge is 0.341 e. The summed E-state index contributed by atoms with van der Waals surface area (Å²) < 4.78 is 1.31. The Morgan fingerprint density at radius 3 is 2.33 bits per heavy atom. The molecule has 1 aromatic heterocycles. The van der Waals surface area contributed by atoms with Crippen LogP contribution in [0, 0.1) is 6.92 Å². The maximum Gasteiger partial charge on any atom is 0.275 e. The standard InChI is InChI=1S/C22H23N3O2/c1-16-19-9-5-6-10-20(19)22(27)25(23-16)15-21(26)24-13-11-18(12-14-24)17-7-3-2-4-8-17/h2-10,18H,11-15H2,1H3. The van der Waals surface area contributed by atoms with Crippen LogP contribution in [-0.2, 0) is 11.3 Å². The minimum atomic E-state index is -0.205. The third-order valence-corrected chi connectivity index (χ3v) is 5.46. The Morgan fingerprint density at radius 1 is 1.00 bits per heavy atom. The number of hydrogen-bond acceptors (Lipinski definition) is 3. The predicted octanol–water partition coefficient (Wildman–Crippen LogP) is 3.11. The van der Waals surface area contributed by atoms with Crippen molar-refractivity contribution in [2.75, 3.05) is 13.1 Å². The molecule has 0 N–H and O–H groups in total. The average molecular weight is 361 g/mol. The minimum Gasteiger partial charge on any atom is -0.341 e. The lowest BCUT2D eigenvalue weighted by molar-refractivity contribution is -0.133. The third-order valence-electron chi connectivity index (χ3n) is 5.46. The fourth-order valence-electron chi connectivity index (χ4n) is 3.93. The Labute approximate surface area is 158 Å². The number of aryl methyl sites for hydroxylation is 1. The lowest BCUT2D eigenvalue weighted by atomic mass is 9.89. The molecule has 27 heavy (non-hydrogen) atoms. The number of hydrogen-bond donors (Lipinski definition) is 0. The number of rotatable bonds is 3. The summed E-state index contributed by atoms with van der Waals surface area (Å²) in [6.07, 6.45) is 1.91. The van der Waals surface area contributed by atoms with Gasteiger partial charge in [-0.15, -0.1) is 0 Å². The van der Waals surface area contributed by atoms with Crippen molar-refractivity contribution >= 4 is 16.7 Å². The first-order valence-electron chi connectivity index (χ1n) is 9.42. The van der Waals surface area contributed by atoms with Crippen molar-refractivity contribution in [3.8, 4) is 0 Å². The highest BCUT2D eigenvalue weighted by atomic mass is 16.2. The molecule has 0 saturated carbocycles. The number of benzene rings is 2. The molecule has 3 aromatic rings. The van der Waals surface area contributed by atoms with Gasteiger partial charge in [0.15, 0.2) is 0 Å². The van der Waals surface area contributed by atoms with Gasteiger partial charge in [0, 0.05) is 18.5 Å². The second kappa shape index (κ2) is 7.35. The van der Waals surface area contributed by atoms with Gasteiger partial charge < -0.3 is 4.90 Å². The van der Waals surface area contributed by atoms with E-state index in [-0.39, 0.29) is 18.0 Å². The molecule has 1 aliphatic rings.